The monoisotopic (exact) mass is 293 g/mol. The van der Waals surface area contributed by atoms with Crippen molar-refractivity contribution in [2.24, 2.45) is 0 Å². The van der Waals surface area contributed by atoms with Gasteiger partial charge in [0.25, 0.3) is 10.1 Å². The van der Waals surface area contributed by atoms with Crippen molar-refractivity contribution in [1.29, 1.82) is 0 Å². The lowest BCUT2D eigenvalue weighted by atomic mass is 9.91. The van der Waals surface area contributed by atoms with Gasteiger partial charge in [-0.15, -0.1) is 3.45 Å². The summed E-state index contributed by atoms with van der Waals surface area (Å²) >= 11 is 8.58. The van der Waals surface area contributed by atoms with Crippen molar-refractivity contribution < 1.29 is 13.0 Å². The van der Waals surface area contributed by atoms with Gasteiger partial charge in [-0.05, 0) is 39.5 Å². The Bertz CT molecular complexity index is 286. The van der Waals surface area contributed by atoms with Crippen LogP contribution in [0.4, 0.5) is 0 Å². The second-order valence-corrected chi connectivity index (χ2v) is 7.20. The Morgan fingerprint density at radius 1 is 1.31 bits per heavy atom. The van der Waals surface area contributed by atoms with E-state index in [1.165, 1.54) is 13.8 Å². The number of hydrogen-bond donors (Lipinski definition) is 1. The van der Waals surface area contributed by atoms with Gasteiger partial charge >= 0.3 is 0 Å². The molecular formula is C6H13BrClNO3S. The molecule has 0 radical (unpaired) electrons. The third-order valence-corrected chi connectivity index (χ3v) is 5.64. The minimum absolute atomic E-state index is 0.942. The van der Waals surface area contributed by atoms with Crippen LogP contribution in [0.1, 0.15) is 27.7 Å². The molecule has 0 heterocycles. The molecule has 13 heavy (non-hydrogen) atoms. The van der Waals surface area contributed by atoms with Crippen molar-refractivity contribution in [3.63, 3.8) is 0 Å². The van der Waals surface area contributed by atoms with Crippen molar-refractivity contribution in [2.75, 3.05) is 0 Å². The highest BCUT2D eigenvalue weighted by Crippen LogP contribution is 2.37. The van der Waals surface area contributed by atoms with Crippen LogP contribution in [0.3, 0.4) is 0 Å². The van der Waals surface area contributed by atoms with Crippen molar-refractivity contribution in [2.45, 2.75) is 38.0 Å². The zero-order chi connectivity index (χ0) is 11.1. The maximum absolute atomic E-state index is 11.1. The van der Waals surface area contributed by atoms with Gasteiger partial charge in [0.2, 0.25) is 0 Å². The zero-order valence-electron chi connectivity index (χ0n) is 7.88. The van der Waals surface area contributed by atoms with E-state index in [1.807, 2.05) is 0 Å². The molecule has 0 atom stereocenters. The number of halogens is 2. The Morgan fingerprint density at radius 3 is 1.69 bits per heavy atom. The van der Waals surface area contributed by atoms with Crippen LogP contribution < -0.4 is 0 Å². The third-order valence-electron chi connectivity index (χ3n) is 2.54. The molecule has 7 heteroatoms. The lowest BCUT2D eigenvalue weighted by Gasteiger charge is -2.40. The van der Waals surface area contributed by atoms with Crippen LogP contribution in [0.15, 0.2) is 0 Å². The summed E-state index contributed by atoms with van der Waals surface area (Å²) in [4.78, 5) is 0. The smallest absolute Gasteiger partial charge is 0.272 e. The highest BCUT2D eigenvalue weighted by atomic mass is 79.9. The number of nitrogens with zero attached hydrogens (tertiary/aromatic N) is 1. The van der Waals surface area contributed by atoms with Crippen LogP contribution >= 0.6 is 27.9 Å². The largest absolute Gasteiger partial charge is 0.285 e. The van der Waals surface area contributed by atoms with E-state index in [-0.39, 0.29) is 0 Å². The summed E-state index contributed by atoms with van der Waals surface area (Å²) in [6.07, 6.45) is 0. The van der Waals surface area contributed by atoms with Gasteiger partial charge in [-0.3, -0.25) is 4.55 Å². The molecule has 4 nitrogen and oxygen atoms in total. The van der Waals surface area contributed by atoms with Gasteiger partial charge in [0.1, 0.15) is 4.75 Å². The van der Waals surface area contributed by atoms with E-state index in [9.17, 15) is 8.42 Å². The Hall–Kier alpha value is 0.640. The lowest BCUT2D eigenvalue weighted by Crippen LogP contribution is -2.55. The molecule has 0 aliphatic carbocycles. The molecule has 0 aromatic carbocycles. The SMILES string of the molecule is CC(C)(N(Cl)Br)C(C)(C)S(=O)(=O)O. The second-order valence-electron chi connectivity index (χ2n) is 3.78. The van der Waals surface area contributed by atoms with Crippen molar-refractivity contribution in [3.05, 3.63) is 0 Å². The van der Waals surface area contributed by atoms with Crippen LogP contribution in [0.5, 0.6) is 0 Å². The van der Waals surface area contributed by atoms with Crippen LogP contribution in [0, 0.1) is 0 Å². The maximum Gasteiger partial charge on any atom is 0.272 e. The molecule has 80 valence electrons. The molecule has 0 amide bonds. The van der Waals surface area contributed by atoms with Crippen LogP contribution in [0.25, 0.3) is 0 Å². The molecule has 0 aliphatic rings. The maximum atomic E-state index is 11.1. The van der Waals surface area contributed by atoms with E-state index in [0.717, 1.165) is 3.45 Å². The summed E-state index contributed by atoms with van der Waals surface area (Å²) in [7, 11) is -4.16. The molecule has 0 aromatic heterocycles. The summed E-state index contributed by atoms with van der Waals surface area (Å²) < 4.78 is 30.8. The third kappa shape index (κ3) is 2.36. The fourth-order valence-corrected chi connectivity index (χ4v) is 2.06. The van der Waals surface area contributed by atoms with Crippen molar-refractivity contribution >= 4 is 38.0 Å². The summed E-state index contributed by atoms with van der Waals surface area (Å²) in [5.74, 6) is 0. The molecular weight excluding hydrogens is 281 g/mol. The molecule has 0 saturated carbocycles. The van der Waals surface area contributed by atoms with Crippen molar-refractivity contribution in [3.8, 4) is 0 Å². The lowest BCUT2D eigenvalue weighted by molar-refractivity contribution is 0.269. The van der Waals surface area contributed by atoms with Gasteiger partial charge in [-0.1, -0.05) is 0 Å². The normalized spacial score (nSPS) is 15.1. The minimum atomic E-state index is -4.16. The van der Waals surface area contributed by atoms with Gasteiger partial charge in [0.05, 0.1) is 5.54 Å². The first-order valence-corrected chi connectivity index (χ1v) is 6.02. The highest BCUT2D eigenvalue weighted by molar-refractivity contribution is 9.08. The molecule has 0 aliphatic heterocycles. The van der Waals surface area contributed by atoms with Crippen LogP contribution in [-0.2, 0) is 10.1 Å². The molecule has 0 aromatic rings. The van der Waals surface area contributed by atoms with Gasteiger partial charge in [-0.25, -0.2) is 0 Å². The first kappa shape index (κ1) is 13.6. The summed E-state index contributed by atoms with van der Waals surface area (Å²) in [5.41, 5.74) is -0.942. The van der Waals surface area contributed by atoms with E-state index in [2.05, 4.69) is 16.1 Å². The topological polar surface area (TPSA) is 57.6 Å². The first-order valence-electron chi connectivity index (χ1n) is 3.53. The Balaban J connectivity index is 5.29. The summed E-state index contributed by atoms with van der Waals surface area (Å²) in [6.45, 7) is 6.00. The quantitative estimate of drug-likeness (QED) is 0.640. The summed E-state index contributed by atoms with van der Waals surface area (Å²) in [6, 6.07) is 0. The molecule has 0 rings (SSSR count). The Labute approximate surface area is 92.4 Å². The number of hydrogen-bond acceptors (Lipinski definition) is 3. The van der Waals surface area contributed by atoms with Gasteiger partial charge in [0.15, 0.2) is 0 Å². The van der Waals surface area contributed by atoms with E-state index in [0.29, 0.717) is 0 Å². The predicted octanol–water partition coefficient (Wildman–Crippen LogP) is 2.20. The average Bonchev–Trinajstić information content (AvgIpc) is 1.84. The summed E-state index contributed by atoms with van der Waals surface area (Å²) in [5, 5.41) is 0. The van der Waals surface area contributed by atoms with E-state index >= 15 is 0 Å². The molecule has 0 unspecified atom stereocenters. The van der Waals surface area contributed by atoms with Crippen LogP contribution in [0.2, 0.25) is 0 Å². The predicted molar refractivity (Wildman–Crippen MR) is 56.3 cm³/mol. The first-order chi connectivity index (χ1) is 5.44. The Kier molecular flexibility index (Phi) is 3.84. The molecule has 1 N–H and O–H groups in total. The zero-order valence-corrected chi connectivity index (χ0v) is 11.0. The average molecular weight is 295 g/mol. The fourth-order valence-electron chi connectivity index (χ4n) is 0.519. The van der Waals surface area contributed by atoms with E-state index < -0.39 is 20.4 Å². The molecule has 0 spiro atoms. The van der Waals surface area contributed by atoms with Crippen molar-refractivity contribution in [1.82, 2.24) is 3.45 Å². The van der Waals surface area contributed by atoms with Crippen LogP contribution in [-0.4, -0.2) is 26.7 Å². The van der Waals surface area contributed by atoms with Gasteiger partial charge in [-0.2, -0.15) is 8.42 Å². The van der Waals surface area contributed by atoms with Gasteiger partial charge in [0, 0.05) is 16.1 Å². The van der Waals surface area contributed by atoms with Gasteiger partial charge < -0.3 is 0 Å². The van der Waals surface area contributed by atoms with E-state index in [1.54, 1.807) is 13.8 Å². The van der Waals surface area contributed by atoms with E-state index in [4.69, 9.17) is 16.3 Å². The molecule has 0 saturated heterocycles. The molecule has 0 bridgehead atoms. The molecule has 0 fully saturated rings. The Morgan fingerprint density at radius 2 is 1.62 bits per heavy atom. The fraction of sp³-hybridized carbons (Fsp3) is 1.00. The number of rotatable bonds is 3. The standard InChI is InChI=1S/C6H13BrClNO3S/c1-5(2,9(7)8)6(3,4)13(10,11)12/h1-4H3,(H,10,11,12). The minimum Gasteiger partial charge on any atom is -0.285 e. The second kappa shape index (κ2) is 3.66. The highest BCUT2D eigenvalue weighted by Gasteiger charge is 2.50.